The highest BCUT2D eigenvalue weighted by molar-refractivity contribution is 5.89. The minimum atomic E-state index is -1.09. The first-order valence-electron chi connectivity index (χ1n) is 12.5. The topological polar surface area (TPSA) is 95.9 Å². The third kappa shape index (κ3) is 4.28. The van der Waals surface area contributed by atoms with Crippen molar-refractivity contribution in [3.63, 3.8) is 0 Å². The minimum absolute atomic E-state index is 0.000229. The number of fused-ring (bicyclic) bond motifs is 3. The van der Waals surface area contributed by atoms with Crippen molar-refractivity contribution in [2.45, 2.75) is 50.0 Å². The van der Waals surface area contributed by atoms with Crippen molar-refractivity contribution >= 4 is 18.0 Å². The van der Waals surface area contributed by atoms with E-state index in [-0.39, 0.29) is 30.3 Å². The van der Waals surface area contributed by atoms with Crippen LogP contribution in [-0.2, 0) is 14.3 Å². The molecule has 7 nitrogen and oxygen atoms in total. The molecule has 35 heavy (non-hydrogen) atoms. The van der Waals surface area contributed by atoms with Crippen molar-refractivity contribution in [2.75, 3.05) is 20.2 Å². The summed E-state index contributed by atoms with van der Waals surface area (Å²) in [5.74, 6) is -1.28. The van der Waals surface area contributed by atoms with E-state index >= 15 is 0 Å². The van der Waals surface area contributed by atoms with Gasteiger partial charge in [-0.05, 0) is 47.4 Å². The smallest absolute Gasteiger partial charge is 0.407 e. The number of hydrogen-bond donors (Lipinski definition) is 2. The summed E-state index contributed by atoms with van der Waals surface area (Å²) >= 11 is 0. The molecule has 0 radical (unpaired) electrons. The Morgan fingerprint density at radius 1 is 1.00 bits per heavy atom. The Morgan fingerprint density at radius 3 is 2.20 bits per heavy atom. The molecule has 2 N–H and O–H groups in total. The predicted octanol–water partition coefficient (Wildman–Crippen LogP) is 4.41. The van der Waals surface area contributed by atoms with Gasteiger partial charge in [-0.15, -0.1) is 0 Å². The number of nitrogens with one attached hydrogen (secondary N) is 1. The molecule has 2 aromatic carbocycles. The fourth-order valence-corrected chi connectivity index (χ4v) is 5.93. The fourth-order valence-electron chi connectivity index (χ4n) is 5.93. The van der Waals surface area contributed by atoms with Crippen molar-refractivity contribution < 1.29 is 24.2 Å². The van der Waals surface area contributed by atoms with Gasteiger partial charge in [0.2, 0.25) is 5.91 Å². The van der Waals surface area contributed by atoms with Crippen LogP contribution in [0.4, 0.5) is 4.79 Å². The Bertz CT molecular complexity index is 1090. The maximum atomic E-state index is 13.0. The highest BCUT2D eigenvalue weighted by Gasteiger charge is 2.51. The van der Waals surface area contributed by atoms with E-state index in [0.29, 0.717) is 25.8 Å². The van der Waals surface area contributed by atoms with Crippen LogP contribution in [0.2, 0.25) is 0 Å². The molecule has 2 saturated carbocycles. The van der Waals surface area contributed by atoms with Crippen molar-refractivity contribution in [3.05, 3.63) is 59.7 Å². The van der Waals surface area contributed by atoms with Gasteiger partial charge in [0.15, 0.2) is 0 Å². The second-order valence-electron chi connectivity index (χ2n) is 10.1. The van der Waals surface area contributed by atoms with E-state index in [9.17, 15) is 19.5 Å². The fraction of sp³-hybridized carbons (Fsp3) is 0.464. The normalized spacial score (nSPS) is 22.0. The van der Waals surface area contributed by atoms with Gasteiger partial charge in [0.1, 0.15) is 12.1 Å². The molecule has 2 atom stereocenters. The number of nitrogens with zero attached hydrogens (tertiary/aromatic N) is 1. The van der Waals surface area contributed by atoms with Crippen molar-refractivity contribution in [1.29, 1.82) is 0 Å². The Labute approximate surface area is 205 Å². The molecular weight excluding hydrogens is 444 g/mol. The van der Waals surface area contributed by atoms with Crippen LogP contribution >= 0.6 is 0 Å². The lowest BCUT2D eigenvalue weighted by atomic mass is 9.80. The van der Waals surface area contributed by atoms with Crippen LogP contribution in [0.5, 0.6) is 0 Å². The Hall–Kier alpha value is -3.35. The van der Waals surface area contributed by atoms with Gasteiger partial charge in [-0.2, -0.15) is 0 Å². The minimum Gasteiger partial charge on any atom is -0.479 e. The van der Waals surface area contributed by atoms with Crippen LogP contribution in [-0.4, -0.2) is 53.7 Å². The van der Waals surface area contributed by atoms with Crippen LogP contribution in [0.1, 0.15) is 55.6 Å². The maximum absolute atomic E-state index is 13.0. The molecule has 5 rings (SSSR count). The van der Waals surface area contributed by atoms with Gasteiger partial charge < -0.3 is 20.1 Å². The number of likely N-dealkylation sites (N-methyl/N-ethyl adjacent to an activating group) is 1. The van der Waals surface area contributed by atoms with Crippen LogP contribution in [0.15, 0.2) is 48.5 Å². The second kappa shape index (κ2) is 9.36. The van der Waals surface area contributed by atoms with E-state index in [1.54, 1.807) is 7.05 Å². The summed E-state index contributed by atoms with van der Waals surface area (Å²) < 4.78 is 5.58. The summed E-state index contributed by atoms with van der Waals surface area (Å²) in [7, 11) is 1.62. The molecule has 0 bridgehead atoms. The molecule has 0 spiro atoms. The van der Waals surface area contributed by atoms with Crippen LogP contribution < -0.4 is 5.32 Å². The van der Waals surface area contributed by atoms with Crippen LogP contribution in [0.3, 0.4) is 0 Å². The van der Waals surface area contributed by atoms with Gasteiger partial charge in [0.25, 0.3) is 0 Å². The summed E-state index contributed by atoms with van der Waals surface area (Å²) in [6, 6.07) is 16.4. The largest absolute Gasteiger partial charge is 0.479 e. The molecule has 7 heteroatoms. The number of ether oxygens (including phenoxy) is 1. The number of carbonyl (C=O) groups is 3. The quantitative estimate of drug-likeness (QED) is 0.617. The average molecular weight is 477 g/mol. The lowest BCUT2D eigenvalue weighted by Gasteiger charge is -2.41. The number of alkyl carbamates (subject to hydrolysis) is 1. The number of benzene rings is 2. The van der Waals surface area contributed by atoms with E-state index < -0.39 is 17.6 Å². The summed E-state index contributed by atoms with van der Waals surface area (Å²) in [5.41, 5.74) is 3.58. The first-order valence-corrected chi connectivity index (χ1v) is 12.5. The van der Waals surface area contributed by atoms with E-state index in [2.05, 4.69) is 29.6 Å². The summed E-state index contributed by atoms with van der Waals surface area (Å²) in [5, 5.41) is 12.7. The summed E-state index contributed by atoms with van der Waals surface area (Å²) in [4.78, 5) is 39.0. The van der Waals surface area contributed by atoms with Crippen molar-refractivity contribution in [1.82, 2.24) is 10.2 Å². The van der Waals surface area contributed by atoms with Crippen LogP contribution in [0, 0.1) is 11.8 Å². The van der Waals surface area contributed by atoms with Gasteiger partial charge >= 0.3 is 12.1 Å². The van der Waals surface area contributed by atoms with E-state index in [1.165, 1.54) is 16.0 Å². The second-order valence-corrected chi connectivity index (χ2v) is 10.1. The van der Waals surface area contributed by atoms with Crippen LogP contribution in [0.25, 0.3) is 11.1 Å². The molecule has 184 valence electrons. The first kappa shape index (κ1) is 23.4. The highest BCUT2D eigenvalue weighted by Crippen LogP contribution is 2.45. The zero-order valence-electron chi connectivity index (χ0n) is 20.0. The molecular formula is C28H32N2O5. The summed E-state index contributed by atoms with van der Waals surface area (Å²) in [6.45, 7) is 0.595. The zero-order chi connectivity index (χ0) is 24.6. The van der Waals surface area contributed by atoms with E-state index in [0.717, 1.165) is 30.4 Å². The predicted molar refractivity (Wildman–Crippen MR) is 131 cm³/mol. The average Bonchev–Trinajstić information content (AvgIpc) is 3.60. The number of rotatable bonds is 7. The Morgan fingerprint density at radius 2 is 1.60 bits per heavy atom. The SMILES string of the molecule is CN(C(=O)[C@H]1C[C@H]1CNC(=O)OCC1c2ccccc2-c2ccccc21)C1(C(=O)O)CCCCC1. The lowest BCUT2D eigenvalue weighted by Crippen LogP contribution is -2.56. The third-order valence-electron chi connectivity index (χ3n) is 8.14. The third-order valence-corrected chi connectivity index (χ3v) is 8.14. The first-order chi connectivity index (χ1) is 16.9. The van der Waals surface area contributed by atoms with Gasteiger partial charge in [-0.25, -0.2) is 9.59 Å². The summed E-state index contributed by atoms with van der Waals surface area (Å²) in [6.07, 6.45) is 3.81. The van der Waals surface area contributed by atoms with Gasteiger partial charge in [0, 0.05) is 25.4 Å². The molecule has 2 aromatic rings. The zero-order valence-corrected chi connectivity index (χ0v) is 20.0. The lowest BCUT2D eigenvalue weighted by molar-refractivity contribution is -0.161. The molecule has 0 heterocycles. The van der Waals surface area contributed by atoms with E-state index in [4.69, 9.17) is 4.74 Å². The van der Waals surface area contributed by atoms with E-state index in [1.807, 2.05) is 24.3 Å². The molecule has 2 fully saturated rings. The molecule has 3 aliphatic rings. The molecule has 0 aliphatic heterocycles. The van der Waals surface area contributed by atoms with Crippen molar-refractivity contribution in [2.24, 2.45) is 11.8 Å². The standard InChI is InChI=1S/C28H32N2O5/c1-30(28(26(32)33)13-7-2-8-14-28)25(31)23-15-18(23)16-29-27(34)35-17-24-21-11-5-3-9-19(21)20-10-4-6-12-22(20)24/h3-6,9-12,18,23-24H,2,7-8,13-17H2,1H3,(H,29,34)(H,32,33)/t18-,23-/m0/s1. The number of carboxylic acids is 1. The number of carboxylic acid groups (broad SMARTS) is 1. The molecule has 0 saturated heterocycles. The van der Waals surface area contributed by atoms with Crippen molar-refractivity contribution in [3.8, 4) is 11.1 Å². The number of aliphatic carboxylic acids is 1. The monoisotopic (exact) mass is 476 g/mol. The molecule has 3 aliphatic carbocycles. The van der Waals surface area contributed by atoms with Gasteiger partial charge in [0.05, 0.1) is 0 Å². The molecule has 0 aromatic heterocycles. The number of carbonyl (C=O) groups excluding carboxylic acids is 2. The molecule has 0 unspecified atom stereocenters. The number of amides is 2. The Kier molecular flexibility index (Phi) is 6.26. The number of hydrogen-bond acceptors (Lipinski definition) is 4. The maximum Gasteiger partial charge on any atom is 0.407 e. The Balaban J connectivity index is 1.13. The van der Waals surface area contributed by atoms with Gasteiger partial charge in [-0.1, -0.05) is 67.8 Å². The molecule has 2 amide bonds. The highest BCUT2D eigenvalue weighted by atomic mass is 16.5. The van der Waals surface area contributed by atoms with Gasteiger partial charge in [-0.3, -0.25) is 4.79 Å².